The van der Waals surface area contributed by atoms with Gasteiger partial charge >= 0.3 is 6.09 Å². The Bertz CT molecular complexity index is 1640. The molecular formula is C34H42N8O3. The van der Waals surface area contributed by atoms with E-state index in [4.69, 9.17) is 4.74 Å². The predicted octanol–water partition coefficient (Wildman–Crippen LogP) is 5.75. The number of amides is 2. The van der Waals surface area contributed by atoms with Gasteiger partial charge in [0.15, 0.2) is 0 Å². The van der Waals surface area contributed by atoms with Gasteiger partial charge in [-0.15, -0.1) is 0 Å². The number of carbonyl (C=O) groups excluding carboxylic acids is 2. The largest absolute Gasteiger partial charge is 0.444 e. The number of ether oxygens (including phenoxy) is 1. The summed E-state index contributed by atoms with van der Waals surface area (Å²) in [6, 6.07) is 13.6. The van der Waals surface area contributed by atoms with Crippen LogP contribution in [0.1, 0.15) is 68.9 Å². The Morgan fingerprint density at radius 2 is 1.78 bits per heavy atom. The zero-order valence-electron chi connectivity index (χ0n) is 26.3. The summed E-state index contributed by atoms with van der Waals surface area (Å²) in [5.41, 5.74) is 4.29. The molecule has 0 bridgehead atoms. The van der Waals surface area contributed by atoms with E-state index in [0.29, 0.717) is 17.9 Å². The Balaban J connectivity index is 1.07. The standard InChI is InChI=1S/C34H42N8O3/c1-34(2,3)45-33(44)39-26-8-7-15-41(21-26)20-23-13-14-35-29(18-23)32(43)38-25-11-9-24(10-12-25)28-19-27-30(40-28)36-22-37-31(27)42-16-5-4-6-17-42/h9-14,18-19,22,26H,4-8,15-17,20-21H2,1-3H3,(H,38,43)(H,39,44)(H,36,37,40)/t26-/m1/s1. The maximum atomic E-state index is 13.1. The van der Waals surface area contributed by atoms with Gasteiger partial charge in [0.25, 0.3) is 5.91 Å². The number of hydrogen-bond donors (Lipinski definition) is 3. The smallest absolute Gasteiger partial charge is 0.407 e. The van der Waals surface area contributed by atoms with Gasteiger partial charge in [-0.1, -0.05) is 12.1 Å². The van der Waals surface area contributed by atoms with Crippen LogP contribution >= 0.6 is 0 Å². The highest BCUT2D eigenvalue weighted by Gasteiger charge is 2.24. The Morgan fingerprint density at radius 3 is 2.56 bits per heavy atom. The number of nitrogens with zero attached hydrogens (tertiary/aromatic N) is 5. The van der Waals surface area contributed by atoms with E-state index < -0.39 is 5.60 Å². The highest BCUT2D eigenvalue weighted by atomic mass is 16.6. The number of likely N-dealkylation sites (tertiary alicyclic amines) is 1. The molecule has 45 heavy (non-hydrogen) atoms. The monoisotopic (exact) mass is 610 g/mol. The number of anilines is 2. The zero-order valence-corrected chi connectivity index (χ0v) is 26.3. The highest BCUT2D eigenvalue weighted by Crippen LogP contribution is 2.30. The molecule has 2 saturated heterocycles. The molecule has 0 saturated carbocycles. The van der Waals surface area contributed by atoms with Crippen molar-refractivity contribution in [3.8, 4) is 11.3 Å². The second-order valence-electron chi connectivity index (χ2n) is 13.0. The van der Waals surface area contributed by atoms with Crippen molar-refractivity contribution < 1.29 is 14.3 Å². The molecule has 0 unspecified atom stereocenters. The summed E-state index contributed by atoms with van der Waals surface area (Å²) in [4.78, 5) is 46.8. The normalized spacial score (nSPS) is 17.7. The maximum Gasteiger partial charge on any atom is 0.407 e. The number of benzene rings is 1. The van der Waals surface area contributed by atoms with E-state index in [1.54, 1.807) is 12.5 Å². The quantitative estimate of drug-likeness (QED) is 0.241. The Morgan fingerprint density at radius 1 is 0.978 bits per heavy atom. The summed E-state index contributed by atoms with van der Waals surface area (Å²) in [6.07, 6.45) is 8.43. The molecular weight excluding hydrogens is 568 g/mol. The first-order valence-corrected chi connectivity index (χ1v) is 15.9. The third kappa shape index (κ3) is 7.78. The van der Waals surface area contributed by atoms with Crippen molar-refractivity contribution in [1.82, 2.24) is 30.2 Å². The van der Waals surface area contributed by atoms with Crippen LogP contribution in [0.4, 0.5) is 16.3 Å². The number of rotatable bonds is 7. The van der Waals surface area contributed by atoms with E-state index in [2.05, 4.69) is 46.4 Å². The second kappa shape index (κ2) is 13.2. The van der Waals surface area contributed by atoms with Gasteiger partial charge in [-0.2, -0.15) is 0 Å². The number of pyridine rings is 1. The van der Waals surface area contributed by atoms with Gasteiger partial charge in [0.2, 0.25) is 0 Å². The zero-order chi connectivity index (χ0) is 31.4. The van der Waals surface area contributed by atoms with E-state index in [1.807, 2.05) is 57.2 Å². The molecule has 1 aromatic carbocycles. The SMILES string of the molecule is CC(C)(C)OC(=O)N[C@@H]1CCCN(Cc2ccnc(C(=O)Nc3ccc(-c4cc5c(N6CCCCC6)ncnc5[nH]4)cc3)c2)C1. The van der Waals surface area contributed by atoms with Crippen molar-refractivity contribution in [3.05, 3.63) is 66.2 Å². The molecule has 4 aromatic rings. The van der Waals surface area contributed by atoms with E-state index >= 15 is 0 Å². The van der Waals surface area contributed by atoms with Crippen LogP contribution in [0.15, 0.2) is 55.0 Å². The van der Waals surface area contributed by atoms with Crippen molar-refractivity contribution in [2.24, 2.45) is 0 Å². The molecule has 1 atom stereocenters. The van der Waals surface area contributed by atoms with Gasteiger partial charge in [-0.25, -0.2) is 14.8 Å². The van der Waals surface area contributed by atoms with E-state index in [-0.39, 0.29) is 18.0 Å². The van der Waals surface area contributed by atoms with Crippen LogP contribution < -0.4 is 15.5 Å². The predicted molar refractivity (Wildman–Crippen MR) is 175 cm³/mol. The Hall–Kier alpha value is -4.51. The Labute approximate surface area is 263 Å². The lowest BCUT2D eigenvalue weighted by molar-refractivity contribution is 0.0470. The first-order chi connectivity index (χ1) is 21.7. The number of piperidine rings is 2. The molecule has 11 heteroatoms. The van der Waals surface area contributed by atoms with Gasteiger partial charge < -0.3 is 25.3 Å². The molecule has 2 fully saturated rings. The van der Waals surface area contributed by atoms with Crippen LogP contribution in [-0.4, -0.2) is 74.7 Å². The fourth-order valence-corrected chi connectivity index (χ4v) is 6.11. The van der Waals surface area contributed by atoms with Crippen LogP contribution in [0.5, 0.6) is 0 Å². The summed E-state index contributed by atoms with van der Waals surface area (Å²) >= 11 is 0. The van der Waals surface area contributed by atoms with Gasteiger partial charge in [0.1, 0.15) is 29.1 Å². The van der Waals surface area contributed by atoms with Crippen molar-refractivity contribution in [1.29, 1.82) is 0 Å². The first kappa shape index (κ1) is 30.5. The average Bonchev–Trinajstić information content (AvgIpc) is 3.46. The molecule has 236 valence electrons. The molecule has 2 amide bonds. The summed E-state index contributed by atoms with van der Waals surface area (Å²) in [6.45, 7) is 9.92. The van der Waals surface area contributed by atoms with E-state index in [9.17, 15) is 9.59 Å². The molecule has 0 aliphatic carbocycles. The average molecular weight is 611 g/mol. The van der Waals surface area contributed by atoms with Crippen LogP contribution in [0, 0.1) is 0 Å². The molecule has 11 nitrogen and oxygen atoms in total. The van der Waals surface area contributed by atoms with Crippen LogP contribution in [0.2, 0.25) is 0 Å². The molecule has 3 aromatic heterocycles. The van der Waals surface area contributed by atoms with E-state index in [0.717, 1.165) is 72.7 Å². The van der Waals surface area contributed by atoms with Crippen molar-refractivity contribution >= 4 is 34.5 Å². The summed E-state index contributed by atoms with van der Waals surface area (Å²) in [5, 5.41) is 7.00. The maximum absolute atomic E-state index is 13.1. The molecule has 0 spiro atoms. The first-order valence-electron chi connectivity index (χ1n) is 15.9. The topological polar surface area (TPSA) is 128 Å². The lowest BCUT2D eigenvalue weighted by atomic mass is 10.0. The number of H-pyrrole nitrogens is 1. The van der Waals surface area contributed by atoms with E-state index in [1.165, 1.54) is 19.3 Å². The lowest BCUT2D eigenvalue weighted by Crippen LogP contribution is -2.48. The van der Waals surface area contributed by atoms with Crippen LogP contribution in [0.3, 0.4) is 0 Å². The van der Waals surface area contributed by atoms with Gasteiger partial charge in [-0.3, -0.25) is 14.7 Å². The third-order valence-electron chi connectivity index (χ3n) is 8.20. The number of aromatic amines is 1. The summed E-state index contributed by atoms with van der Waals surface area (Å²) < 4.78 is 5.42. The van der Waals surface area contributed by atoms with Crippen LogP contribution in [0.25, 0.3) is 22.3 Å². The number of carbonyl (C=O) groups is 2. The lowest BCUT2D eigenvalue weighted by Gasteiger charge is -2.33. The van der Waals surface area contributed by atoms with Crippen molar-refractivity contribution in [2.45, 2.75) is 71.1 Å². The molecule has 2 aliphatic rings. The second-order valence-corrected chi connectivity index (χ2v) is 13.0. The fraction of sp³-hybridized carbons (Fsp3) is 0.441. The van der Waals surface area contributed by atoms with Crippen molar-refractivity contribution in [3.63, 3.8) is 0 Å². The summed E-state index contributed by atoms with van der Waals surface area (Å²) in [5.74, 6) is 0.721. The minimum Gasteiger partial charge on any atom is -0.444 e. The molecule has 6 rings (SSSR count). The number of nitrogens with one attached hydrogen (secondary N) is 3. The summed E-state index contributed by atoms with van der Waals surface area (Å²) in [7, 11) is 0. The third-order valence-corrected chi connectivity index (χ3v) is 8.20. The number of hydrogen-bond acceptors (Lipinski definition) is 8. The Kier molecular flexibility index (Phi) is 8.97. The molecule has 2 aliphatic heterocycles. The van der Waals surface area contributed by atoms with Gasteiger partial charge in [0, 0.05) is 49.8 Å². The molecule has 3 N–H and O–H groups in total. The van der Waals surface area contributed by atoms with Crippen LogP contribution in [-0.2, 0) is 11.3 Å². The highest BCUT2D eigenvalue weighted by molar-refractivity contribution is 6.03. The number of aromatic nitrogens is 4. The van der Waals surface area contributed by atoms with Gasteiger partial charge in [-0.05, 0) is 101 Å². The number of fused-ring (bicyclic) bond motifs is 1. The minimum atomic E-state index is -0.529. The number of alkyl carbamates (subject to hydrolysis) is 1. The molecule has 5 heterocycles. The fourth-order valence-electron chi connectivity index (χ4n) is 6.11. The van der Waals surface area contributed by atoms with Gasteiger partial charge in [0.05, 0.1) is 5.39 Å². The molecule has 0 radical (unpaired) electrons. The van der Waals surface area contributed by atoms with Crippen molar-refractivity contribution in [2.75, 3.05) is 36.4 Å². The minimum absolute atomic E-state index is 0.0233.